The zero-order valence-electron chi connectivity index (χ0n) is 38.2. The van der Waals surface area contributed by atoms with Gasteiger partial charge in [-0.05, 0) is 61.6 Å². The first-order chi connectivity index (χ1) is 32.4. The van der Waals surface area contributed by atoms with Crippen molar-refractivity contribution in [2.24, 2.45) is 0 Å². The molecule has 3 aromatic carbocycles. The predicted octanol–water partition coefficient (Wildman–Crippen LogP) is 6.78. The Kier molecular flexibility index (Phi) is 16.0. The van der Waals surface area contributed by atoms with Gasteiger partial charge < -0.3 is 24.8 Å². The van der Waals surface area contributed by atoms with Gasteiger partial charge in [-0.25, -0.2) is 9.97 Å². The summed E-state index contributed by atoms with van der Waals surface area (Å²) >= 11 is 3.50. The molecule has 5 amide bonds. The predicted molar refractivity (Wildman–Crippen MR) is 260 cm³/mol. The number of hydrogen-bond acceptors (Lipinski definition) is 12. The fourth-order valence-electron chi connectivity index (χ4n) is 8.94. The number of amides is 5. The number of aryl methyl sites for hydroxylation is 2. The highest BCUT2D eigenvalue weighted by atomic mass is 79.9. The number of halogens is 2. The number of ether oxygens (including phenoxy) is 1. The molecular weight excluding hydrogens is 956 g/mol. The number of aromatic nitrogens is 5. The zero-order chi connectivity index (χ0) is 47.2. The molecule has 1 unspecified atom stereocenters. The number of Topliss-reactive ketones (excluding diaryl/α,β-unsaturated/α-hetero) is 1. The van der Waals surface area contributed by atoms with E-state index < -0.39 is 11.9 Å². The third kappa shape index (κ3) is 11.1. The molecule has 68 heavy (non-hydrogen) atoms. The van der Waals surface area contributed by atoms with Gasteiger partial charge in [0.2, 0.25) is 23.6 Å². The molecule has 0 radical (unpaired) electrons. The van der Waals surface area contributed by atoms with Crippen molar-refractivity contribution in [3.8, 4) is 5.75 Å². The van der Waals surface area contributed by atoms with E-state index in [-0.39, 0.29) is 73.7 Å². The lowest BCUT2D eigenvalue weighted by atomic mass is 10.0. The number of carbonyl (C=O) groups excluding carboxylic acids is 6. The fraction of sp³-hybridized carbons (Fsp3) is 0.388. The molecule has 0 saturated carbocycles. The van der Waals surface area contributed by atoms with Gasteiger partial charge in [-0.15, -0.1) is 17.5 Å². The molecule has 8 rings (SSSR count). The van der Waals surface area contributed by atoms with E-state index in [0.29, 0.717) is 90.7 Å². The van der Waals surface area contributed by atoms with Gasteiger partial charge in [0.1, 0.15) is 29.3 Å². The Labute approximate surface area is 408 Å². The van der Waals surface area contributed by atoms with Crippen molar-refractivity contribution in [2.75, 3.05) is 29.3 Å². The van der Waals surface area contributed by atoms with Crippen LogP contribution in [0.5, 0.6) is 5.75 Å². The van der Waals surface area contributed by atoms with Crippen LogP contribution in [0.2, 0.25) is 0 Å². The summed E-state index contributed by atoms with van der Waals surface area (Å²) in [6.45, 7) is 3.36. The molecule has 1 fully saturated rings. The minimum absolute atomic E-state index is 0. The third-order valence-electron chi connectivity index (χ3n) is 12.6. The van der Waals surface area contributed by atoms with E-state index in [1.807, 2.05) is 43.5 Å². The molecule has 2 aromatic heterocycles. The van der Waals surface area contributed by atoms with Gasteiger partial charge >= 0.3 is 0 Å². The Morgan fingerprint density at radius 3 is 2.54 bits per heavy atom. The highest BCUT2D eigenvalue weighted by Crippen LogP contribution is 2.37. The van der Waals surface area contributed by atoms with Crippen molar-refractivity contribution in [3.05, 3.63) is 117 Å². The largest absolute Gasteiger partial charge is 0.496 e. The van der Waals surface area contributed by atoms with Crippen LogP contribution in [0, 0.1) is 0 Å². The van der Waals surface area contributed by atoms with E-state index >= 15 is 0 Å². The van der Waals surface area contributed by atoms with Crippen molar-refractivity contribution in [3.63, 3.8) is 0 Å². The summed E-state index contributed by atoms with van der Waals surface area (Å²) in [5, 5.41) is 13.8. The number of likely N-dealkylation sites (N-methyl/N-ethyl adjacent to an activating group) is 1. The Hall–Kier alpha value is -6.53. The number of nitrogens with zero attached hydrogens (tertiary/aromatic N) is 8. The highest BCUT2D eigenvalue weighted by molar-refractivity contribution is 9.10. The monoisotopic (exact) mass is 1010 g/mol. The van der Waals surface area contributed by atoms with Crippen molar-refractivity contribution in [1.29, 1.82) is 0 Å². The molecule has 0 bridgehead atoms. The first-order valence-electron chi connectivity index (χ1n) is 22.7. The molecular formula is C49H54BrClN10O7. The SMILES string of the molecule is CC[C@@H]1C(=O)N(C)c2cnc(Cc3ccc(C(=O)CCc4cn(CCCCCCC(=O)Nc5cccc6c5CN(C5CCC(=O)NC5=O)C6=O)nn4)cc3OC)nc2N1Cc1ccc(Br)cc1.Cl. The van der Waals surface area contributed by atoms with Gasteiger partial charge in [0.25, 0.3) is 5.91 Å². The van der Waals surface area contributed by atoms with Crippen LogP contribution in [-0.4, -0.2) is 91.4 Å². The van der Waals surface area contributed by atoms with Gasteiger partial charge in [0.15, 0.2) is 11.6 Å². The molecule has 3 aliphatic rings. The molecule has 0 aliphatic carbocycles. The van der Waals surface area contributed by atoms with E-state index in [4.69, 9.17) is 9.72 Å². The second-order valence-corrected chi connectivity index (χ2v) is 18.0. The summed E-state index contributed by atoms with van der Waals surface area (Å²) in [6, 6.07) is 17.5. The Morgan fingerprint density at radius 1 is 0.985 bits per heavy atom. The molecule has 356 valence electrons. The standard InChI is InChI=1S/C49H53BrN10O7.ClH/c1-4-38-49(66)57(2)40-26-51-43(53-46(40)59(38)27-30-13-17-33(50)18-14-30)25-32-16-15-31(24-42(32)67-3)41(61)21-19-34-28-58(56-55-34)23-8-6-5-7-12-44(62)52-37-11-9-10-35-36(37)29-60(48(35)65)39-20-22-45(63)54-47(39)64;/h9-11,13-18,24,26,28,38-39H,4-8,12,19-23,25,27,29H2,1-3H3,(H,52,62)(H,54,63,64);1H/t38-,39?;/m1./s1. The number of piperidine rings is 1. The number of ketones is 1. The smallest absolute Gasteiger partial charge is 0.255 e. The van der Waals surface area contributed by atoms with Gasteiger partial charge in [-0.2, -0.15) is 0 Å². The summed E-state index contributed by atoms with van der Waals surface area (Å²) in [5.74, 6) is 0.520. The first kappa shape index (κ1) is 49.4. The van der Waals surface area contributed by atoms with Gasteiger partial charge in [0.05, 0.1) is 19.0 Å². The fourth-order valence-corrected chi connectivity index (χ4v) is 9.20. The number of nitrogens with one attached hydrogen (secondary N) is 2. The normalized spacial score (nSPS) is 16.6. The molecule has 1 saturated heterocycles. The summed E-state index contributed by atoms with van der Waals surface area (Å²) in [4.78, 5) is 91.6. The van der Waals surface area contributed by atoms with Crippen LogP contribution >= 0.6 is 28.3 Å². The number of anilines is 3. The first-order valence-corrected chi connectivity index (χ1v) is 23.5. The number of fused-ring (bicyclic) bond motifs is 2. The Morgan fingerprint density at radius 2 is 1.78 bits per heavy atom. The summed E-state index contributed by atoms with van der Waals surface area (Å²) in [7, 11) is 3.33. The van der Waals surface area contributed by atoms with Crippen LogP contribution in [0.15, 0.2) is 77.5 Å². The lowest BCUT2D eigenvalue weighted by Gasteiger charge is -2.40. The minimum Gasteiger partial charge on any atom is -0.496 e. The molecule has 5 heterocycles. The van der Waals surface area contributed by atoms with Crippen molar-refractivity contribution in [2.45, 2.75) is 109 Å². The van der Waals surface area contributed by atoms with Crippen LogP contribution in [0.25, 0.3) is 0 Å². The lowest BCUT2D eigenvalue weighted by molar-refractivity contribution is -0.137. The molecule has 2 atom stereocenters. The van der Waals surface area contributed by atoms with E-state index in [1.54, 1.807) is 60.3 Å². The Bertz CT molecular complexity index is 2710. The molecule has 2 N–H and O–H groups in total. The van der Waals surface area contributed by atoms with E-state index in [0.717, 1.165) is 40.6 Å². The molecule has 5 aromatic rings. The number of benzene rings is 3. The minimum atomic E-state index is -0.721. The number of methoxy groups -OCH3 is 1. The summed E-state index contributed by atoms with van der Waals surface area (Å²) in [5.41, 5.74) is 5.46. The average molecular weight is 1010 g/mol. The van der Waals surface area contributed by atoms with Gasteiger partial charge in [-0.3, -0.25) is 38.8 Å². The van der Waals surface area contributed by atoms with Crippen LogP contribution in [0.4, 0.5) is 17.2 Å². The highest BCUT2D eigenvalue weighted by Gasteiger charge is 2.40. The topological polar surface area (TPSA) is 202 Å². The van der Waals surface area contributed by atoms with Gasteiger partial charge in [-0.1, -0.05) is 71.2 Å². The quantitative estimate of drug-likeness (QED) is 0.0500. The Balaban J connectivity index is 0.00000684. The van der Waals surface area contributed by atoms with Crippen molar-refractivity contribution >= 4 is 80.8 Å². The van der Waals surface area contributed by atoms with Crippen LogP contribution in [0.3, 0.4) is 0 Å². The maximum absolute atomic E-state index is 13.4. The average Bonchev–Trinajstić information content (AvgIpc) is 3.93. The number of imide groups is 1. The summed E-state index contributed by atoms with van der Waals surface area (Å²) < 4.78 is 8.51. The molecule has 0 spiro atoms. The molecule has 19 heteroatoms. The van der Waals surface area contributed by atoms with Crippen LogP contribution < -0.4 is 25.2 Å². The second kappa shape index (κ2) is 22.1. The summed E-state index contributed by atoms with van der Waals surface area (Å²) in [6.07, 6.45) is 9.25. The molecule has 17 nitrogen and oxygen atoms in total. The maximum Gasteiger partial charge on any atom is 0.255 e. The molecule has 3 aliphatic heterocycles. The number of unbranched alkanes of at least 4 members (excludes halogenated alkanes) is 3. The van der Waals surface area contributed by atoms with Crippen molar-refractivity contribution in [1.82, 2.24) is 35.2 Å². The van der Waals surface area contributed by atoms with Crippen LogP contribution in [-0.2, 0) is 51.7 Å². The van der Waals surface area contributed by atoms with E-state index in [9.17, 15) is 28.8 Å². The van der Waals surface area contributed by atoms with Crippen molar-refractivity contribution < 1.29 is 33.5 Å². The number of carbonyl (C=O) groups is 6. The lowest BCUT2D eigenvalue weighted by Crippen LogP contribution is -2.52. The van der Waals surface area contributed by atoms with E-state index in [1.165, 1.54) is 4.90 Å². The number of hydrogen-bond donors (Lipinski definition) is 2. The number of rotatable bonds is 19. The third-order valence-corrected chi connectivity index (χ3v) is 13.2. The van der Waals surface area contributed by atoms with Crippen LogP contribution in [0.1, 0.15) is 114 Å². The second-order valence-electron chi connectivity index (χ2n) is 17.1. The zero-order valence-corrected chi connectivity index (χ0v) is 40.6. The van der Waals surface area contributed by atoms with Gasteiger partial charge in [0, 0.05) is 97.4 Å². The maximum atomic E-state index is 13.4. The van der Waals surface area contributed by atoms with E-state index in [2.05, 4.69) is 46.8 Å².